The first-order valence-electron chi connectivity index (χ1n) is 9.97. The molecule has 0 aromatic heterocycles. The van der Waals surface area contributed by atoms with E-state index in [1.807, 2.05) is 29.2 Å². The van der Waals surface area contributed by atoms with Crippen LogP contribution < -0.4 is 21.1 Å². The van der Waals surface area contributed by atoms with Gasteiger partial charge in [-0.3, -0.25) is 4.90 Å². The lowest BCUT2D eigenvalue weighted by atomic mass is 9.87. The molecule has 1 saturated carbocycles. The Morgan fingerprint density at radius 2 is 1.77 bits per heavy atom. The molecular formula is C22H25N5O3. The van der Waals surface area contributed by atoms with E-state index in [2.05, 4.69) is 4.99 Å². The number of nitrogens with two attached hydrogens (primary N) is 2. The monoisotopic (exact) mass is 407 g/mol. The summed E-state index contributed by atoms with van der Waals surface area (Å²) in [6, 6.07) is 14.4. The van der Waals surface area contributed by atoms with E-state index < -0.39 is 5.66 Å². The number of methoxy groups -OCH3 is 1. The minimum absolute atomic E-state index is 0.226. The third-order valence-corrected chi connectivity index (χ3v) is 5.44. The molecule has 2 aromatic carbocycles. The minimum Gasteiger partial charge on any atom is -0.465 e. The molecular weight excluding hydrogens is 382 g/mol. The van der Waals surface area contributed by atoms with Crippen molar-refractivity contribution < 1.29 is 14.3 Å². The molecule has 0 saturated heterocycles. The van der Waals surface area contributed by atoms with E-state index in [9.17, 15) is 4.79 Å². The number of hydrogen-bond acceptors (Lipinski definition) is 8. The van der Waals surface area contributed by atoms with Gasteiger partial charge in [0.2, 0.25) is 11.9 Å². The largest absolute Gasteiger partial charge is 0.465 e. The highest BCUT2D eigenvalue weighted by Crippen LogP contribution is 2.40. The Bertz CT molecular complexity index is 994. The van der Waals surface area contributed by atoms with Crippen molar-refractivity contribution in [2.75, 3.05) is 12.0 Å². The van der Waals surface area contributed by atoms with Gasteiger partial charge in [-0.05, 0) is 62.1 Å². The zero-order valence-electron chi connectivity index (χ0n) is 16.9. The van der Waals surface area contributed by atoms with Gasteiger partial charge >= 0.3 is 5.97 Å². The summed E-state index contributed by atoms with van der Waals surface area (Å²) in [6.45, 7) is 0. The lowest BCUT2D eigenvalue weighted by Crippen LogP contribution is -2.58. The van der Waals surface area contributed by atoms with Crippen LogP contribution in [0.25, 0.3) is 0 Å². The Morgan fingerprint density at radius 3 is 2.47 bits per heavy atom. The molecule has 0 atom stereocenters. The summed E-state index contributed by atoms with van der Waals surface area (Å²) in [5.74, 6) is 1.42. The zero-order valence-corrected chi connectivity index (χ0v) is 16.9. The molecule has 8 nitrogen and oxygen atoms in total. The van der Waals surface area contributed by atoms with Gasteiger partial charge in [0.1, 0.15) is 17.2 Å². The highest BCUT2D eigenvalue weighted by atomic mass is 16.5. The van der Waals surface area contributed by atoms with Crippen LogP contribution in [0.3, 0.4) is 0 Å². The van der Waals surface area contributed by atoms with E-state index in [-0.39, 0.29) is 11.9 Å². The number of esters is 1. The molecule has 2 aromatic rings. The van der Waals surface area contributed by atoms with E-state index >= 15 is 0 Å². The molecule has 4 N–H and O–H groups in total. The van der Waals surface area contributed by atoms with Crippen molar-refractivity contribution in [3.8, 4) is 11.5 Å². The van der Waals surface area contributed by atoms with Gasteiger partial charge in [-0.2, -0.15) is 4.99 Å². The fraction of sp³-hybridized carbons (Fsp3) is 0.318. The third kappa shape index (κ3) is 3.80. The fourth-order valence-electron chi connectivity index (χ4n) is 4.09. The molecule has 8 heteroatoms. The van der Waals surface area contributed by atoms with E-state index in [1.54, 1.807) is 24.3 Å². The normalized spacial score (nSPS) is 17.8. The number of benzene rings is 2. The predicted octanol–water partition coefficient (Wildman–Crippen LogP) is 3.38. The van der Waals surface area contributed by atoms with Crippen LogP contribution in [-0.2, 0) is 4.74 Å². The van der Waals surface area contributed by atoms with Crippen LogP contribution >= 0.6 is 0 Å². The fourth-order valence-corrected chi connectivity index (χ4v) is 4.09. The van der Waals surface area contributed by atoms with Crippen LogP contribution in [0.15, 0.2) is 58.5 Å². The van der Waals surface area contributed by atoms with Crippen LogP contribution in [0.2, 0.25) is 0 Å². The summed E-state index contributed by atoms with van der Waals surface area (Å²) in [5.41, 5.74) is 13.0. The van der Waals surface area contributed by atoms with Gasteiger partial charge in [-0.25, -0.2) is 9.79 Å². The summed E-state index contributed by atoms with van der Waals surface area (Å²) < 4.78 is 10.7. The van der Waals surface area contributed by atoms with Crippen molar-refractivity contribution in [2.45, 2.75) is 37.8 Å². The number of guanidine groups is 2. The molecule has 2 aliphatic rings. The van der Waals surface area contributed by atoms with Crippen LogP contribution in [-0.4, -0.2) is 30.7 Å². The van der Waals surface area contributed by atoms with Gasteiger partial charge in [0, 0.05) is 11.8 Å². The average molecular weight is 407 g/mol. The number of carbonyl (C=O) groups is 1. The third-order valence-electron chi connectivity index (χ3n) is 5.44. The Balaban J connectivity index is 1.61. The summed E-state index contributed by atoms with van der Waals surface area (Å²) in [4.78, 5) is 22.5. The lowest BCUT2D eigenvalue weighted by Gasteiger charge is -2.45. The smallest absolute Gasteiger partial charge is 0.337 e. The number of hydrogen-bond donors (Lipinski definition) is 2. The quantitative estimate of drug-likeness (QED) is 0.751. The summed E-state index contributed by atoms with van der Waals surface area (Å²) >= 11 is 0. The molecule has 0 unspecified atom stereocenters. The summed E-state index contributed by atoms with van der Waals surface area (Å²) in [5, 5.41) is 0. The summed E-state index contributed by atoms with van der Waals surface area (Å²) in [6.07, 6.45) is 5.02. The van der Waals surface area contributed by atoms with Crippen molar-refractivity contribution in [1.82, 2.24) is 0 Å². The van der Waals surface area contributed by atoms with Crippen molar-refractivity contribution in [1.29, 1.82) is 0 Å². The van der Waals surface area contributed by atoms with E-state index in [0.717, 1.165) is 31.4 Å². The number of rotatable bonds is 4. The van der Waals surface area contributed by atoms with E-state index in [1.165, 1.54) is 13.5 Å². The second-order valence-electron chi connectivity index (χ2n) is 7.43. The average Bonchev–Trinajstić information content (AvgIpc) is 2.74. The van der Waals surface area contributed by atoms with Crippen molar-refractivity contribution in [3.63, 3.8) is 0 Å². The van der Waals surface area contributed by atoms with Crippen LogP contribution in [0, 0.1) is 0 Å². The Morgan fingerprint density at radius 1 is 1.03 bits per heavy atom. The predicted molar refractivity (Wildman–Crippen MR) is 116 cm³/mol. The van der Waals surface area contributed by atoms with Crippen molar-refractivity contribution in [2.24, 2.45) is 21.5 Å². The molecule has 0 radical (unpaired) electrons. The molecule has 30 heavy (non-hydrogen) atoms. The van der Waals surface area contributed by atoms with Crippen LogP contribution in [0.1, 0.15) is 42.5 Å². The van der Waals surface area contributed by atoms with Gasteiger partial charge in [0.15, 0.2) is 0 Å². The highest BCUT2D eigenvalue weighted by molar-refractivity contribution is 6.05. The number of ether oxygens (including phenoxy) is 2. The topological polar surface area (TPSA) is 116 Å². The van der Waals surface area contributed by atoms with Crippen molar-refractivity contribution in [3.05, 3.63) is 54.1 Å². The maximum atomic E-state index is 11.6. The molecule has 1 spiro atoms. The molecule has 156 valence electrons. The van der Waals surface area contributed by atoms with Gasteiger partial charge in [0.25, 0.3) is 0 Å². The summed E-state index contributed by atoms with van der Waals surface area (Å²) in [7, 11) is 1.35. The van der Waals surface area contributed by atoms with Gasteiger partial charge in [-0.15, -0.1) is 0 Å². The first-order chi connectivity index (χ1) is 14.5. The number of aliphatic imine (C=N–C) groups is 2. The number of anilines is 1. The molecule has 0 bridgehead atoms. The molecule has 4 rings (SSSR count). The maximum Gasteiger partial charge on any atom is 0.337 e. The molecule has 1 heterocycles. The van der Waals surface area contributed by atoms with Gasteiger partial charge < -0.3 is 20.9 Å². The standard InChI is InChI=1S/C22H25N5O3/c1-29-19(28)15-8-10-17(11-9-15)30-18-7-5-6-16(14-18)27-21(24)25-20(23)26-22(27)12-3-2-4-13-22/h5-11,14H,2-4,12-13H2,1H3,(H4,23,24,25,26). The zero-order chi connectivity index (χ0) is 21.1. The number of nitrogens with zero attached hydrogens (tertiary/aromatic N) is 3. The van der Waals surface area contributed by atoms with Gasteiger partial charge in [-0.1, -0.05) is 12.5 Å². The molecule has 1 aliphatic carbocycles. The second kappa shape index (κ2) is 8.06. The molecule has 0 amide bonds. The van der Waals surface area contributed by atoms with Gasteiger partial charge in [0.05, 0.1) is 12.7 Å². The second-order valence-corrected chi connectivity index (χ2v) is 7.43. The SMILES string of the molecule is COC(=O)c1ccc(Oc2cccc(N3C(N)=NC(N)=NC34CCCCC4)c2)cc1. The number of carbonyl (C=O) groups excluding carboxylic acids is 1. The van der Waals surface area contributed by atoms with Crippen LogP contribution in [0.4, 0.5) is 5.69 Å². The first kappa shape index (κ1) is 19.8. The molecule has 1 fully saturated rings. The minimum atomic E-state index is -0.505. The van der Waals surface area contributed by atoms with E-state index in [0.29, 0.717) is 23.0 Å². The highest BCUT2D eigenvalue weighted by Gasteiger charge is 2.42. The van der Waals surface area contributed by atoms with Crippen molar-refractivity contribution >= 4 is 23.6 Å². The van der Waals surface area contributed by atoms with E-state index in [4.69, 9.17) is 25.9 Å². The molecule has 1 aliphatic heterocycles. The first-order valence-corrected chi connectivity index (χ1v) is 9.97. The Kier molecular flexibility index (Phi) is 5.31. The Labute approximate surface area is 175 Å². The van der Waals surface area contributed by atoms with Crippen LogP contribution in [0.5, 0.6) is 11.5 Å². The Hall–Kier alpha value is -3.55. The lowest BCUT2D eigenvalue weighted by molar-refractivity contribution is 0.0600. The maximum absolute atomic E-state index is 11.6.